The van der Waals surface area contributed by atoms with Crippen molar-refractivity contribution in [2.75, 3.05) is 13.2 Å². The number of unbranched alkanes of at least 4 members (excludes halogenated alkanes) is 43. The normalized spacial score (nSPS) is 12.5. The van der Waals surface area contributed by atoms with E-state index < -0.39 is 6.10 Å². The Morgan fingerprint density at radius 2 is 0.476 bits per heavy atom. The average Bonchev–Trinajstić information content (AvgIpc) is 3.48. The summed E-state index contributed by atoms with van der Waals surface area (Å²) >= 11 is 0. The predicted molar refractivity (Wildman–Crippen MR) is 358 cm³/mol. The highest BCUT2D eigenvalue weighted by Gasteiger charge is 2.19. The number of carbonyl (C=O) groups excluding carboxylic acids is 3. The number of hydrogen-bond donors (Lipinski definition) is 0. The van der Waals surface area contributed by atoms with Crippen LogP contribution < -0.4 is 0 Å². The number of hydrogen-bond acceptors (Lipinski definition) is 6. The van der Waals surface area contributed by atoms with Crippen LogP contribution in [0.4, 0.5) is 0 Å². The molecule has 0 aliphatic heterocycles. The Morgan fingerprint density at radius 3 is 0.744 bits per heavy atom. The van der Waals surface area contributed by atoms with Gasteiger partial charge in [0, 0.05) is 19.3 Å². The van der Waals surface area contributed by atoms with E-state index in [2.05, 4.69) is 93.7 Å². The van der Waals surface area contributed by atoms with Gasteiger partial charge in [0.05, 0.1) is 0 Å². The van der Waals surface area contributed by atoms with Gasteiger partial charge in [0.1, 0.15) is 13.2 Å². The third-order valence-corrected chi connectivity index (χ3v) is 16.0. The van der Waals surface area contributed by atoms with E-state index in [-0.39, 0.29) is 37.5 Å². The second kappa shape index (κ2) is 70.3. The van der Waals surface area contributed by atoms with E-state index in [1.807, 2.05) is 0 Å². The fourth-order valence-corrected chi connectivity index (χ4v) is 10.6. The van der Waals surface area contributed by atoms with Gasteiger partial charge in [-0.3, -0.25) is 14.4 Å². The molecule has 0 bridgehead atoms. The molecule has 1 atom stereocenters. The fraction of sp³-hybridized carbons (Fsp3) is 0.803. The van der Waals surface area contributed by atoms with Gasteiger partial charge in [0.25, 0.3) is 0 Å². The van der Waals surface area contributed by atoms with Gasteiger partial charge < -0.3 is 14.2 Å². The summed E-state index contributed by atoms with van der Waals surface area (Å²) in [6.45, 7) is 6.51. The molecule has 0 aromatic carbocycles. The van der Waals surface area contributed by atoms with Gasteiger partial charge >= 0.3 is 17.9 Å². The van der Waals surface area contributed by atoms with Crippen LogP contribution in [0.15, 0.2) is 72.9 Å². The standard InChI is InChI=1S/C76H136O6/c1-4-7-10-13-16-19-21-23-25-27-29-31-32-33-34-35-36-37-38-39-40-41-42-43-44-46-47-49-51-53-55-57-60-63-66-69-75(78)81-72-73(71-80-74(77)68-65-62-59-18-15-12-9-6-3)82-76(79)70-67-64-61-58-56-54-52-50-48-45-30-28-26-24-22-20-17-14-11-8-5-2/h8,11,17,20,24,26,30,45,50,52,56,58,73H,4-7,9-10,12-16,18-19,21-23,25,27-29,31-44,46-49,51,53-55,57,59-72H2,1-3H3/b11-8-,20-17-,26-24-,45-30-,52-50-,58-56-. The summed E-state index contributed by atoms with van der Waals surface area (Å²) in [6.07, 6.45) is 92.7. The summed E-state index contributed by atoms with van der Waals surface area (Å²) in [5.74, 6) is -0.921. The molecule has 0 N–H and O–H groups in total. The van der Waals surface area contributed by atoms with Crippen LogP contribution in [-0.2, 0) is 28.6 Å². The highest BCUT2D eigenvalue weighted by molar-refractivity contribution is 5.71. The molecule has 0 heterocycles. The molecule has 476 valence electrons. The van der Waals surface area contributed by atoms with Crippen LogP contribution in [0.5, 0.6) is 0 Å². The summed E-state index contributed by atoms with van der Waals surface area (Å²) in [6, 6.07) is 0. The Morgan fingerprint density at radius 1 is 0.256 bits per heavy atom. The van der Waals surface area contributed by atoms with Gasteiger partial charge in [-0.05, 0) is 70.6 Å². The Balaban J connectivity index is 4.04. The molecule has 0 radical (unpaired) electrons. The van der Waals surface area contributed by atoms with Crippen molar-refractivity contribution in [1.82, 2.24) is 0 Å². The minimum Gasteiger partial charge on any atom is -0.462 e. The zero-order chi connectivity index (χ0) is 59.2. The molecular weight excluding hydrogens is 1010 g/mol. The first-order valence-corrected chi connectivity index (χ1v) is 35.9. The Hall–Kier alpha value is -3.15. The maximum Gasteiger partial charge on any atom is 0.306 e. The molecule has 1 unspecified atom stereocenters. The zero-order valence-electron chi connectivity index (χ0n) is 54.8. The first-order valence-electron chi connectivity index (χ1n) is 35.9. The minimum absolute atomic E-state index is 0.0894. The molecule has 0 saturated carbocycles. The third kappa shape index (κ3) is 67.6. The van der Waals surface area contributed by atoms with Crippen molar-refractivity contribution in [2.45, 2.75) is 380 Å². The molecule has 0 fully saturated rings. The van der Waals surface area contributed by atoms with Gasteiger partial charge in [0.2, 0.25) is 0 Å². The van der Waals surface area contributed by atoms with Crippen molar-refractivity contribution >= 4 is 17.9 Å². The summed E-state index contributed by atoms with van der Waals surface area (Å²) < 4.78 is 16.9. The molecule has 0 aliphatic carbocycles. The Bertz CT molecular complexity index is 1500. The lowest BCUT2D eigenvalue weighted by Crippen LogP contribution is -2.30. The zero-order valence-corrected chi connectivity index (χ0v) is 54.8. The average molecular weight is 1150 g/mol. The number of allylic oxidation sites excluding steroid dienone is 12. The van der Waals surface area contributed by atoms with Crippen molar-refractivity contribution in [3.8, 4) is 0 Å². The second-order valence-electron chi connectivity index (χ2n) is 24.1. The van der Waals surface area contributed by atoms with Crippen molar-refractivity contribution in [2.24, 2.45) is 0 Å². The van der Waals surface area contributed by atoms with Crippen LogP contribution >= 0.6 is 0 Å². The number of esters is 3. The van der Waals surface area contributed by atoms with Crippen LogP contribution in [-0.4, -0.2) is 37.2 Å². The summed E-state index contributed by atoms with van der Waals surface area (Å²) in [5, 5.41) is 0. The smallest absolute Gasteiger partial charge is 0.306 e. The molecule has 6 heteroatoms. The molecule has 0 saturated heterocycles. The summed E-state index contributed by atoms with van der Waals surface area (Å²) in [4.78, 5) is 38.2. The number of rotatable bonds is 66. The molecular formula is C76H136O6. The van der Waals surface area contributed by atoms with Gasteiger partial charge in [-0.25, -0.2) is 0 Å². The van der Waals surface area contributed by atoms with Crippen LogP contribution in [0.2, 0.25) is 0 Å². The van der Waals surface area contributed by atoms with E-state index in [0.717, 1.165) is 89.9 Å². The SMILES string of the molecule is CC/C=C\C/C=C\C/C=C\C/C=C\C/C=C\C/C=C\CCCCC(=O)OC(COC(=O)CCCCCCCCCC)COC(=O)CCCCCCCCCCCCCCCCCCCCCCCCCCCCCCCCCCCCC. The Labute approximate surface area is 510 Å². The van der Waals surface area contributed by atoms with E-state index in [1.54, 1.807) is 0 Å². The van der Waals surface area contributed by atoms with Gasteiger partial charge in [-0.1, -0.05) is 357 Å². The second-order valence-corrected chi connectivity index (χ2v) is 24.1. The fourth-order valence-electron chi connectivity index (χ4n) is 10.6. The maximum atomic E-state index is 12.9. The lowest BCUT2D eigenvalue weighted by Gasteiger charge is -2.18. The lowest BCUT2D eigenvalue weighted by molar-refractivity contribution is -0.167. The van der Waals surface area contributed by atoms with Crippen molar-refractivity contribution in [3.05, 3.63) is 72.9 Å². The maximum absolute atomic E-state index is 12.9. The Kier molecular flexibility index (Phi) is 67.6. The molecule has 0 aromatic rings. The van der Waals surface area contributed by atoms with E-state index >= 15 is 0 Å². The first kappa shape index (κ1) is 78.8. The minimum atomic E-state index is -0.796. The first-order chi connectivity index (χ1) is 40.5. The molecule has 0 aromatic heterocycles. The highest BCUT2D eigenvalue weighted by atomic mass is 16.6. The van der Waals surface area contributed by atoms with Crippen LogP contribution in [0, 0.1) is 0 Å². The van der Waals surface area contributed by atoms with Crippen LogP contribution in [0.25, 0.3) is 0 Å². The predicted octanol–water partition coefficient (Wildman–Crippen LogP) is 24.8. The van der Waals surface area contributed by atoms with E-state index in [4.69, 9.17) is 14.2 Å². The van der Waals surface area contributed by atoms with Gasteiger partial charge in [-0.15, -0.1) is 0 Å². The lowest BCUT2D eigenvalue weighted by atomic mass is 10.0. The quantitative estimate of drug-likeness (QED) is 0.0261. The molecule has 82 heavy (non-hydrogen) atoms. The summed E-state index contributed by atoms with van der Waals surface area (Å²) in [5.41, 5.74) is 0. The van der Waals surface area contributed by atoms with Gasteiger partial charge in [0.15, 0.2) is 6.10 Å². The van der Waals surface area contributed by atoms with E-state index in [0.29, 0.717) is 19.3 Å². The topological polar surface area (TPSA) is 78.9 Å². The summed E-state index contributed by atoms with van der Waals surface area (Å²) in [7, 11) is 0. The van der Waals surface area contributed by atoms with E-state index in [9.17, 15) is 14.4 Å². The molecule has 0 spiro atoms. The third-order valence-electron chi connectivity index (χ3n) is 16.0. The molecule has 6 nitrogen and oxygen atoms in total. The molecule has 0 aliphatic rings. The largest absolute Gasteiger partial charge is 0.462 e. The van der Waals surface area contributed by atoms with Crippen molar-refractivity contribution in [3.63, 3.8) is 0 Å². The molecule has 0 rings (SSSR count). The highest BCUT2D eigenvalue weighted by Crippen LogP contribution is 2.19. The van der Waals surface area contributed by atoms with Crippen molar-refractivity contribution < 1.29 is 28.6 Å². The molecule has 0 amide bonds. The number of ether oxygens (including phenoxy) is 3. The van der Waals surface area contributed by atoms with Crippen molar-refractivity contribution in [1.29, 1.82) is 0 Å². The van der Waals surface area contributed by atoms with Gasteiger partial charge in [-0.2, -0.15) is 0 Å². The van der Waals surface area contributed by atoms with E-state index in [1.165, 1.54) is 238 Å². The van der Waals surface area contributed by atoms with Crippen LogP contribution in [0.1, 0.15) is 374 Å². The monoisotopic (exact) mass is 1150 g/mol. The number of carbonyl (C=O) groups is 3. The van der Waals surface area contributed by atoms with Crippen LogP contribution in [0.3, 0.4) is 0 Å².